The number of carbonyl (C=O) groups excluding carboxylic acids is 1. The van der Waals surface area contributed by atoms with E-state index in [0.29, 0.717) is 16.9 Å². The molecule has 3 rings (SSSR count). The number of ether oxygens (including phenoxy) is 1. The smallest absolute Gasteiger partial charge is 0.257 e. The van der Waals surface area contributed by atoms with E-state index in [-0.39, 0.29) is 11.4 Å². The first-order valence-corrected chi connectivity index (χ1v) is 8.57. The minimum absolute atomic E-state index is 0.0997. The summed E-state index contributed by atoms with van der Waals surface area (Å²) in [7, 11) is 0. The second-order valence-electron chi connectivity index (χ2n) is 6.68. The van der Waals surface area contributed by atoms with E-state index in [1.54, 1.807) is 6.20 Å². The normalized spacial score (nSPS) is 26.5. The van der Waals surface area contributed by atoms with Crippen LogP contribution in [-0.4, -0.2) is 57.4 Å². The van der Waals surface area contributed by atoms with Gasteiger partial charge in [-0.05, 0) is 27.2 Å². The molecule has 2 aliphatic rings. The molecule has 3 heterocycles. The molecule has 21 heavy (non-hydrogen) atoms. The minimum atomic E-state index is -0.0997. The molecule has 2 atom stereocenters. The van der Waals surface area contributed by atoms with Crippen LogP contribution in [-0.2, 0) is 10.3 Å². The Morgan fingerprint density at radius 1 is 1.48 bits per heavy atom. The maximum absolute atomic E-state index is 12.8. The Hall–Kier alpha value is -1.01. The van der Waals surface area contributed by atoms with Crippen molar-refractivity contribution < 1.29 is 9.53 Å². The highest BCUT2D eigenvalue weighted by Crippen LogP contribution is 2.31. The van der Waals surface area contributed by atoms with Crippen molar-refractivity contribution in [1.82, 2.24) is 14.7 Å². The number of carbonyl (C=O) groups is 1. The van der Waals surface area contributed by atoms with Gasteiger partial charge in [-0.2, -0.15) is 16.9 Å². The monoisotopic (exact) mass is 309 g/mol. The summed E-state index contributed by atoms with van der Waals surface area (Å²) in [6, 6.07) is 0.308. The molecule has 2 saturated heterocycles. The van der Waals surface area contributed by atoms with Gasteiger partial charge in [-0.3, -0.25) is 9.48 Å². The van der Waals surface area contributed by atoms with Gasteiger partial charge in [0.25, 0.3) is 5.91 Å². The first-order valence-electron chi connectivity index (χ1n) is 7.52. The van der Waals surface area contributed by atoms with Gasteiger partial charge >= 0.3 is 0 Å². The lowest BCUT2D eigenvalue weighted by Crippen LogP contribution is -2.54. The van der Waals surface area contributed by atoms with E-state index in [9.17, 15) is 4.79 Å². The van der Waals surface area contributed by atoms with Crippen LogP contribution in [0.25, 0.3) is 0 Å². The van der Waals surface area contributed by atoms with Crippen LogP contribution in [0.1, 0.15) is 37.6 Å². The third-order valence-corrected chi connectivity index (χ3v) is 5.41. The molecule has 0 spiro atoms. The van der Waals surface area contributed by atoms with Crippen molar-refractivity contribution >= 4 is 17.7 Å². The van der Waals surface area contributed by atoms with Crippen molar-refractivity contribution in [1.29, 1.82) is 0 Å². The number of hydrogen-bond acceptors (Lipinski definition) is 4. The molecule has 1 aromatic heterocycles. The highest BCUT2D eigenvalue weighted by Gasteiger charge is 2.37. The first kappa shape index (κ1) is 14.9. The average molecular weight is 309 g/mol. The summed E-state index contributed by atoms with van der Waals surface area (Å²) in [5.74, 6) is 1.10. The molecule has 0 unspecified atom stereocenters. The van der Waals surface area contributed by atoms with Gasteiger partial charge in [-0.1, -0.05) is 0 Å². The van der Waals surface area contributed by atoms with Crippen molar-refractivity contribution in [3.63, 3.8) is 0 Å². The zero-order valence-electron chi connectivity index (χ0n) is 12.9. The van der Waals surface area contributed by atoms with Crippen molar-refractivity contribution in [2.75, 3.05) is 25.5 Å². The zero-order valence-corrected chi connectivity index (χ0v) is 13.7. The number of rotatable bonds is 1. The van der Waals surface area contributed by atoms with Gasteiger partial charge in [0, 0.05) is 36.4 Å². The third-order valence-electron chi connectivity index (χ3n) is 4.11. The maximum atomic E-state index is 12.8. The summed E-state index contributed by atoms with van der Waals surface area (Å²) in [6.07, 6.45) is 4.51. The second kappa shape index (κ2) is 5.65. The summed E-state index contributed by atoms with van der Waals surface area (Å²) in [5.41, 5.74) is 0.597. The molecule has 1 aromatic rings. The number of nitrogens with zero attached hydrogens (tertiary/aromatic N) is 3. The molecule has 2 fully saturated rings. The van der Waals surface area contributed by atoms with Crippen molar-refractivity contribution in [3.8, 4) is 0 Å². The Labute approximate surface area is 130 Å². The Bertz CT molecular complexity index is 521. The van der Waals surface area contributed by atoms with Gasteiger partial charge < -0.3 is 9.64 Å². The lowest BCUT2D eigenvalue weighted by molar-refractivity contribution is 0.0319. The van der Waals surface area contributed by atoms with Crippen LogP contribution in [0.15, 0.2) is 12.4 Å². The predicted molar refractivity (Wildman–Crippen MR) is 83.7 cm³/mol. The van der Waals surface area contributed by atoms with Gasteiger partial charge in [0.15, 0.2) is 0 Å². The zero-order chi connectivity index (χ0) is 15.0. The Balaban J connectivity index is 1.79. The summed E-state index contributed by atoms with van der Waals surface area (Å²) < 4.78 is 7.41. The fourth-order valence-corrected chi connectivity index (χ4v) is 4.21. The number of thioether (sulfide) groups is 1. The third kappa shape index (κ3) is 2.97. The predicted octanol–water partition coefficient (Wildman–Crippen LogP) is 1.98. The van der Waals surface area contributed by atoms with Crippen LogP contribution in [0.5, 0.6) is 0 Å². The maximum Gasteiger partial charge on any atom is 0.257 e. The van der Waals surface area contributed by atoms with Crippen molar-refractivity contribution in [2.45, 2.75) is 44.0 Å². The molecule has 0 saturated carbocycles. The van der Waals surface area contributed by atoms with E-state index in [4.69, 9.17) is 4.74 Å². The second-order valence-corrected chi connectivity index (χ2v) is 8.03. The highest BCUT2D eigenvalue weighted by atomic mass is 32.2. The molecule has 2 aliphatic heterocycles. The SMILES string of the molecule is CC(C)(C)n1cc(C(=O)N2CCS[C@@H]3COCC[C@@H]32)cn1. The molecule has 6 heteroatoms. The van der Waals surface area contributed by atoms with Gasteiger partial charge in [-0.25, -0.2) is 0 Å². The molecule has 0 aromatic carbocycles. The van der Waals surface area contributed by atoms with Crippen LogP contribution in [0.4, 0.5) is 0 Å². The molecular formula is C15H23N3O2S. The van der Waals surface area contributed by atoms with Crippen LogP contribution >= 0.6 is 11.8 Å². The quantitative estimate of drug-likeness (QED) is 0.796. The minimum Gasteiger partial charge on any atom is -0.380 e. The molecule has 5 nitrogen and oxygen atoms in total. The van der Waals surface area contributed by atoms with Gasteiger partial charge in [0.2, 0.25) is 0 Å². The molecule has 0 aliphatic carbocycles. The van der Waals surface area contributed by atoms with E-state index in [2.05, 4.69) is 25.9 Å². The average Bonchev–Trinajstić information content (AvgIpc) is 2.96. The van der Waals surface area contributed by atoms with Gasteiger partial charge in [0.1, 0.15) is 0 Å². The molecule has 116 valence electrons. The molecule has 0 N–H and O–H groups in total. The van der Waals surface area contributed by atoms with E-state index in [1.807, 2.05) is 27.5 Å². The lowest BCUT2D eigenvalue weighted by Gasteiger charge is -2.43. The Morgan fingerprint density at radius 2 is 2.29 bits per heavy atom. The van der Waals surface area contributed by atoms with Crippen molar-refractivity contribution in [2.24, 2.45) is 0 Å². The van der Waals surface area contributed by atoms with Crippen LogP contribution in [0.2, 0.25) is 0 Å². The lowest BCUT2D eigenvalue weighted by atomic mass is 10.1. The van der Waals surface area contributed by atoms with Crippen LogP contribution in [0.3, 0.4) is 0 Å². The summed E-state index contributed by atoms with van der Waals surface area (Å²) in [6.45, 7) is 8.60. The summed E-state index contributed by atoms with van der Waals surface area (Å²) in [5, 5.41) is 4.77. The number of hydrogen-bond donors (Lipinski definition) is 0. The first-order chi connectivity index (χ1) is 9.97. The van der Waals surface area contributed by atoms with E-state index < -0.39 is 0 Å². The largest absolute Gasteiger partial charge is 0.380 e. The Kier molecular flexibility index (Phi) is 4.01. The number of aromatic nitrogens is 2. The molecular weight excluding hydrogens is 286 g/mol. The van der Waals surface area contributed by atoms with Crippen LogP contribution in [0, 0.1) is 0 Å². The fraction of sp³-hybridized carbons (Fsp3) is 0.733. The number of amides is 1. The summed E-state index contributed by atoms with van der Waals surface area (Å²) in [4.78, 5) is 14.9. The highest BCUT2D eigenvalue weighted by molar-refractivity contribution is 8.00. The Morgan fingerprint density at radius 3 is 3.00 bits per heavy atom. The van der Waals surface area contributed by atoms with Crippen LogP contribution < -0.4 is 0 Å². The van der Waals surface area contributed by atoms with E-state index >= 15 is 0 Å². The molecule has 1 amide bonds. The number of fused-ring (bicyclic) bond motifs is 1. The topological polar surface area (TPSA) is 47.4 Å². The van der Waals surface area contributed by atoms with E-state index in [1.165, 1.54) is 0 Å². The standard InChI is InChI=1S/C15H23N3O2S/c1-15(2,3)18-9-11(8-16-18)14(19)17-5-7-21-13-10-20-6-4-12(13)17/h8-9,12-13H,4-7,10H2,1-3H3/t12-,13+/m0/s1. The summed E-state index contributed by atoms with van der Waals surface area (Å²) >= 11 is 1.93. The van der Waals surface area contributed by atoms with Gasteiger partial charge in [-0.15, -0.1) is 0 Å². The van der Waals surface area contributed by atoms with Gasteiger partial charge in [0.05, 0.1) is 23.9 Å². The molecule has 0 bridgehead atoms. The fourth-order valence-electron chi connectivity index (χ4n) is 2.90. The van der Waals surface area contributed by atoms with Crippen molar-refractivity contribution in [3.05, 3.63) is 18.0 Å². The van der Waals surface area contributed by atoms with E-state index in [0.717, 1.165) is 31.9 Å². The molecule has 0 radical (unpaired) electrons.